The summed E-state index contributed by atoms with van der Waals surface area (Å²) in [6.45, 7) is 3.79. The predicted molar refractivity (Wildman–Crippen MR) is 76.7 cm³/mol. The van der Waals surface area contributed by atoms with Crippen LogP contribution in [0, 0.1) is 13.8 Å². The Kier molecular flexibility index (Phi) is 5.49. The highest BCUT2D eigenvalue weighted by Crippen LogP contribution is 2.32. The molecule has 0 fully saturated rings. The molecule has 0 aliphatic carbocycles. The molecule has 19 heavy (non-hydrogen) atoms. The van der Waals surface area contributed by atoms with Crippen LogP contribution in [0.4, 0.5) is 9.80 Å². The van der Waals surface area contributed by atoms with E-state index in [4.69, 9.17) is 5.11 Å². The maximum absolute atomic E-state index is 11.6. The lowest BCUT2D eigenvalue weighted by Crippen LogP contribution is -2.31. The molecule has 1 aromatic rings. The molecule has 0 bridgehead atoms. The number of urea groups is 1. The molecule has 0 radical (unpaired) electrons. The van der Waals surface area contributed by atoms with Crippen molar-refractivity contribution < 1.29 is 18.9 Å². The molecule has 1 unspecified atom stereocenters. The molecule has 0 saturated heterocycles. The number of carboxylic acid groups (broad SMARTS) is 1. The van der Waals surface area contributed by atoms with Gasteiger partial charge in [-0.25, -0.2) is 9.59 Å². The van der Waals surface area contributed by atoms with Gasteiger partial charge in [0.15, 0.2) is 0 Å². The summed E-state index contributed by atoms with van der Waals surface area (Å²) in [5, 5.41) is 14.5. The first-order chi connectivity index (χ1) is 8.82. The maximum Gasteiger partial charge on any atom is 0.338 e. The van der Waals surface area contributed by atoms with Crippen molar-refractivity contribution in [1.29, 1.82) is 0 Å². The smallest absolute Gasteiger partial charge is 0.338 e. The highest BCUT2D eigenvalue weighted by molar-refractivity contribution is 7.84. The maximum atomic E-state index is 11.6. The molecule has 1 heterocycles. The van der Waals surface area contributed by atoms with E-state index in [-0.39, 0.29) is 12.1 Å². The predicted octanol–water partition coefficient (Wildman–Crippen LogP) is 1.56. The molecule has 1 aromatic heterocycles. The Bertz CT molecular complexity index is 525. The van der Waals surface area contributed by atoms with Crippen LogP contribution in [-0.2, 0) is 10.8 Å². The number of anilines is 1. The molecule has 2 amide bonds. The van der Waals surface area contributed by atoms with Crippen LogP contribution in [0.2, 0.25) is 0 Å². The quantitative estimate of drug-likeness (QED) is 0.769. The molecular weight excluding hydrogens is 288 g/mol. The summed E-state index contributed by atoms with van der Waals surface area (Å²) < 4.78 is 10.8. The number of nitrogens with one attached hydrogen (secondary N) is 2. The van der Waals surface area contributed by atoms with Crippen LogP contribution in [0.15, 0.2) is 0 Å². The third kappa shape index (κ3) is 4.32. The van der Waals surface area contributed by atoms with Crippen molar-refractivity contribution in [2.45, 2.75) is 13.8 Å². The molecule has 0 spiro atoms. The largest absolute Gasteiger partial charge is 0.478 e. The number of carboxylic acids is 1. The van der Waals surface area contributed by atoms with Gasteiger partial charge in [0.05, 0.1) is 5.56 Å². The Labute approximate surface area is 117 Å². The fourth-order valence-corrected chi connectivity index (χ4v) is 2.87. The summed E-state index contributed by atoms with van der Waals surface area (Å²) in [6.07, 6.45) is 1.55. The van der Waals surface area contributed by atoms with E-state index >= 15 is 0 Å². The van der Waals surface area contributed by atoms with Crippen LogP contribution in [0.1, 0.15) is 20.8 Å². The summed E-state index contributed by atoms with van der Waals surface area (Å²) >= 11 is 1.22. The van der Waals surface area contributed by atoms with Gasteiger partial charge in [-0.2, -0.15) is 0 Å². The van der Waals surface area contributed by atoms with Crippen molar-refractivity contribution in [1.82, 2.24) is 5.32 Å². The second kappa shape index (κ2) is 6.67. The van der Waals surface area contributed by atoms with Gasteiger partial charge in [-0.15, -0.1) is 11.3 Å². The zero-order valence-electron chi connectivity index (χ0n) is 10.9. The summed E-state index contributed by atoms with van der Waals surface area (Å²) in [4.78, 5) is 23.6. The van der Waals surface area contributed by atoms with E-state index in [1.807, 2.05) is 0 Å². The minimum atomic E-state index is -1.06. The van der Waals surface area contributed by atoms with Crippen molar-refractivity contribution in [2.24, 2.45) is 0 Å². The molecule has 6 nitrogen and oxygen atoms in total. The Morgan fingerprint density at radius 2 is 2.00 bits per heavy atom. The first-order valence-corrected chi connectivity index (χ1v) is 8.05. The SMILES string of the molecule is Cc1sc(NC(=O)NCCS(C)=O)c(C(=O)O)c1C. The van der Waals surface area contributed by atoms with Crippen LogP contribution in [0.3, 0.4) is 0 Å². The second-order valence-electron chi connectivity index (χ2n) is 3.95. The molecule has 106 valence electrons. The Morgan fingerprint density at radius 1 is 1.37 bits per heavy atom. The van der Waals surface area contributed by atoms with Crippen molar-refractivity contribution in [3.63, 3.8) is 0 Å². The van der Waals surface area contributed by atoms with Crippen molar-refractivity contribution in [3.05, 3.63) is 16.0 Å². The number of carbonyl (C=O) groups excluding carboxylic acids is 1. The molecule has 3 N–H and O–H groups in total. The van der Waals surface area contributed by atoms with E-state index in [2.05, 4.69) is 10.6 Å². The van der Waals surface area contributed by atoms with Crippen molar-refractivity contribution >= 4 is 39.1 Å². The van der Waals surface area contributed by atoms with Crippen LogP contribution in [-0.4, -0.2) is 39.9 Å². The first kappa shape index (κ1) is 15.6. The molecule has 8 heteroatoms. The van der Waals surface area contributed by atoms with E-state index < -0.39 is 22.8 Å². The summed E-state index contributed by atoms with van der Waals surface area (Å²) in [6, 6.07) is -0.491. The molecule has 1 rings (SSSR count). The number of thiophene rings is 1. The van der Waals surface area contributed by atoms with Crippen LogP contribution < -0.4 is 10.6 Å². The van der Waals surface area contributed by atoms with Gasteiger partial charge in [0.2, 0.25) is 0 Å². The first-order valence-electron chi connectivity index (χ1n) is 5.51. The third-order valence-corrected chi connectivity index (χ3v) is 4.40. The number of aryl methyl sites for hydroxylation is 1. The summed E-state index contributed by atoms with van der Waals surface area (Å²) in [5.41, 5.74) is 0.777. The van der Waals surface area contributed by atoms with Gasteiger partial charge in [0.1, 0.15) is 5.00 Å². The highest BCUT2D eigenvalue weighted by Gasteiger charge is 2.20. The van der Waals surface area contributed by atoms with E-state index in [1.54, 1.807) is 20.1 Å². The topological polar surface area (TPSA) is 95.5 Å². The Balaban J connectivity index is 2.72. The number of aromatic carboxylic acids is 1. The van der Waals surface area contributed by atoms with Crippen LogP contribution in [0.25, 0.3) is 0 Å². The zero-order chi connectivity index (χ0) is 14.6. The summed E-state index contributed by atoms with van der Waals surface area (Å²) in [5.74, 6) is -0.700. The molecular formula is C11H16N2O4S2. The van der Waals surface area contributed by atoms with Gasteiger partial charge in [-0.3, -0.25) is 9.53 Å². The normalized spacial score (nSPS) is 11.9. The van der Waals surface area contributed by atoms with E-state index in [1.165, 1.54) is 11.3 Å². The molecule has 0 aliphatic rings. The van der Waals surface area contributed by atoms with Gasteiger partial charge < -0.3 is 10.4 Å². The van der Waals surface area contributed by atoms with Crippen molar-refractivity contribution in [2.75, 3.05) is 23.9 Å². The number of amides is 2. The molecule has 0 aliphatic heterocycles. The lowest BCUT2D eigenvalue weighted by atomic mass is 10.1. The van der Waals surface area contributed by atoms with E-state index in [0.29, 0.717) is 16.3 Å². The van der Waals surface area contributed by atoms with Gasteiger partial charge in [0.25, 0.3) is 0 Å². The summed E-state index contributed by atoms with van der Waals surface area (Å²) in [7, 11) is -0.974. The standard InChI is InChI=1S/C11H16N2O4S2/c1-6-7(2)18-9(8(6)10(14)15)13-11(16)12-4-5-19(3)17/h4-5H2,1-3H3,(H,14,15)(H2,12,13,16). The minimum absolute atomic E-state index is 0.122. The van der Waals surface area contributed by atoms with Gasteiger partial charge in [-0.05, 0) is 19.4 Å². The number of hydrogen-bond acceptors (Lipinski definition) is 4. The van der Waals surface area contributed by atoms with Gasteiger partial charge in [-0.1, -0.05) is 0 Å². The third-order valence-electron chi connectivity index (χ3n) is 2.50. The number of rotatable bonds is 5. The monoisotopic (exact) mass is 304 g/mol. The lowest BCUT2D eigenvalue weighted by Gasteiger charge is -2.06. The molecule has 0 saturated carbocycles. The van der Waals surface area contributed by atoms with Crippen LogP contribution in [0.5, 0.6) is 0 Å². The Morgan fingerprint density at radius 3 is 2.53 bits per heavy atom. The minimum Gasteiger partial charge on any atom is -0.478 e. The fraction of sp³-hybridized carbons (Fsp3) is 0.455. The van der Waals surface area contributed by atoms with Crippen molar-refractivity contribution in [3.8, 4) is 0 Å². The highest BCUT2D eigenvalue weighted by atomic mass is 32.2. The lowest BCUT2D eigenvalue weighted by molar-refractivity contribution is 0.0697. The fourth-order valence-electron chi connectivity index (χ4n) is 1.43. The zero-order valence-corrected chi connectivity index (χ0v) is 12.5. The average Bonchev–Trinajstić information content (AvgIpc) is 2.53. The second-order valence-corrected chi connectivity index (χ2v) is 6.73. The molecule has 0 aromatic carbocycles. The number of carbonyl (C=O) groups is 2. The van der Waals surface area contributed by atoms with Crippen LogP contribution >= 0.6 is 11.3 Å². The van der Waals surface area contributed by atoms with Gasteiger partial charge in [0, 0.05) is 34.2 Å². The van der Waals surface area contributed by atoms with E-state index in [0.717, 1.165) is 4.88 Å². The number of hydrogen-bond donors (Lipinski definition) is 3. The van der Waals surface area contributed by atoms with Gasteiger partial charge >= 0.3 is 12.0 Å². The Hall–Kier alpha value is -1.41. The molecule has 1 atom stereocenters. The average molecular weight is 304 g/mol. The van der Waals surface area contributed by atoms with E-state index in [9.17, 15) is 13.8 Å².